The van der Waals surface area contributed by atoms with Crippen molar-refractivity contribution in [3.63, 3.8) is 0 Å². The third-order valence-electron chi connectivity index (χ3n) is 2.54. The SMILES string of the molecule is COC(=O)c1sccc1S(=O)(=O)N(CC(C)C)CC(F)(F)F. The highest BCUT2D eigenvalue weighted by Gasteiger charge is 2.39. The Morgan fingerprint density at radius 3 is 2.45 bits per heavy atom. The molecule has 0 saturated heterocycles. The van der Waals surface area contributed by atoms with E-state index in [1.807, 2.05) is 0 Å². The first kappa shape index (κ1) is 18.9. The lowest BCUT2D eigenvalue weighted by Gasteiger charge is -2.24. The van der Waals surface area contributed by atoms with Crippen LogP contribution in [-0.4, -0.2) is 45.1 Å². The number of carbonyl (C=O) groups is 1. The van der Waals surface area contributed by atoms with Crippen LogP contribution in [0.1, 0.15) is 23.5 Å². The molecule has 0 aliphatic carbocycles. The molecule has 22 heavy (non-hydrogen) atoms. The van der Waals surface area contributed by atoms with Crippen LogP contribution in [0.2, 0.25) is 0 Å². The summed E-state index contributed by atoms with van der Waals surface area (Å²) in [7, 11) is -3.38. The Morgan fingerprint density at radius 2 is 2.00 bits per heavy atom. The second-order valence-electron chi connectivity index (χ2n) is 4.91. The van der Waals surface area contributed by atoms with Crippen molar-refractivity contribution < 1.29 is 31.1 Å². The summed E-state index contributed by atoms with van der Waals surface area (Å²) in [5.41, 5.74) is 0. The molecule has 0 bridgehead atoms. The summed E-state index contributed by atoms with van der Waals surface area (Å²) in [6, 6.07) is 1.11. The van der Waals surface area contributed by atoms with Crippen molar-refractivity contribution in [3.05, 3.63) is 16.3 Å². The summed E-state index contributed by atoms with van der Waals surface area (Å²) < 4.78 is 67.7. The molecule has 1 rings (SSSR count). The lowest BCUT2D eigenvalue weighted by atomic mass is 10.2. The average molecular weight is 359 g/mol. The Kier molecular flexibility index (Phi) is 5.99. The van der Waals surface area contributed by atoms with Crippen molar-refractivity contribution in [1.29, 1.82) is 0 Å². The van der Waals surface area contributed by atoms with Crippen molar-refractivity contribution in [3.8, 4) is 0 Å². The van der Waals surface area contributed by atoms with E-state index in [1.165, 1.54) is 5.38 Å². The van der Waals surface area contributed by atoms with Crippen molar-refractivity contribution >= 4 is 27.3 Å². The monoisotopic (exact) mass is 359 g/mol. The van der Waals surface area contributed by atoms with E-state index in [-0.39, 0.29) is 17.3 Å². The largest absolute Gasteiger partial charge is 0.465 e. The van der Waals surface area contributed by atoms with Gasteiger partial charge in [0.05, 0.1) is 7.11 Å². The number of esters is 1. The van der Waals surface area contributed by atoms with Gasteiger partial charge < -0.3 is 4.74 Å². The van der Waals surface area contributed by atoms with Crippen LogP contribution in [0.15, 0.2) is 16.3 Å². The van der Waals surface area contributed by atoms with Crippen LogP contribution >= 0.6 is 11.3 Å². The minimum absolute atomic E-state index is 0.238. The minimum atomic E-state index is -4.68. The molecule has 1 heterocycles. The first-order valence-electron chi connectivity index (χ1n) is 6.21. The van der Waals surface area contributed by atoms with Crippen LogP contribution in [0.4, 0.5) is 13.2 Å². The van der Waals surface area contributed by atoms with E-state index in [9.17, 15) is 26.4 Å². The van der Waals surface area contributed by atoms with E-state index in [1.54, 1.807) is 13.8 Å². The van der Waals surface area contributed by atoms with Gasteiger partial charge >= 0.3 is 12.1 Å². The fraction of sp³-hybridized carbons (Fsp3) is 0.583. The molecule has 0 fully saturated rings. The highest BCUT2D eigenvalue weighted by molar-refractivity contribution is 7.89. The van der Waals surface area contributed by atoms with Gasteiger partial charge in [0, 0.05) is 6.54 Å². The molecular weight excluding hydrogens is 343 g/mol. The van der Waals surface area contributed by atoms with E-state index < -0.39 is 33.6 Å². The number of nitrogens with zero attached hydrogens (tertiary/aromatic N) is 1. The highest BCUT2D eigenvalue weighted by atomic mass is 32.2. The molecule has 5 nitrogen and oxygen atoms in total. The number of rotatable bonds is 6. The molecule has 0 radical (unpaired) electrons. The first-order valence-corrected chi connectivity index (χ1v) is 8.53. The Bertz CT molecular complexity index is 623. The Morgan fingerprint density at radius 1 is 1.41 bits per heavy atom. The van der Waals surface area contributed by atoms with Gasteiger partial charge in [-0.15, -0.1) is 11.3 Å². The van der Waals surface area contributed by atoms with Crippen LogP contribution < -0.4 is 0 Å². The molecule has 1 aromatic rings. The molecule has 0 amide bonds. The second-order valence-corrected chi connectivity index (χ2v) is 7.73. The molecule has 10 heteroatoms. The maximum Gasteiger partial charge on any atom is 0.402 e. The van der Waals surface area contributed by atoms with Crippen LogP contribution in [0.25, 0.3) is 0 Å². The van der Waals surface area contributed by atoms with Crippen LogP contribution in [0.5, 0.6) is 0 Å². The van der Waals surface area contributed by atoms with Crippen molar-refractivity contribution in [2.45, 2.75) is 24.9 Å². The maximum absolute atomic E-state index is 12.7. The number of alkyl halides is 3. The standard InChI is InChI=1S/C12H16F3NO4S2/c1-8(2)6-16(7-12(13,14)15)22(18,19)9-4-5-21-10(9)11(17)20-3/h4-5,8H,6-7H2,1-3H3. The maximum atomic E-state index is 12.7. The number of methoxy groups -OCH3 is 1. The Labute approximate surface area is 130 Å². The van der Waals surface area contributed by atoms with E-state index in [0.717, 1.165) is 24.5 Å². The summed E-state index contributed by atoms with van der Waals surface area (Å²) in [4.78, 5) is 10.9. The zero-order chi connectivity index (χ0) is 17.1. The number of ether oxygens (including phenoxy) is 1. The number of carbonyl (C=O) groups excluding carboxylic acids is 1. The molecule has 0 aromatic carbocycles. The second kappa shape index (κ2) is 6.97. The van der Waals surface area contributed by atoms with Gasteiger partial charge in [0.2, 0.25) is 10.0 Å². The van der Waals surface area contributed by atoms with E-state index in [4.69, 9.17) is 0 Å². The zero-order valence-electron chi connectivity index (χ0n) is 12.2. The molecule has 0 N–H and O–H groups in total. The van der Waals surface area contributed by atoms with Gasteiger partial charge in [-0.3, -0.25) is 0 Å². The molecule has 126 valence electrons. The van der Waals surface area contributed by atoms with E-state index >= 15 is 0 Å². The smallest absolute Gasteiger partial charge is 0.402 e. The molecule has 0 aliphatic rings. The summed E-state index contributed by atoms with van der Waals surface area (Å²) in [5, 5.41) is 1.32. The summed E-state index contributed by atoms with van der Waals surface area (Å²) in [5.74, 6) is -1.21. The number of thiophene rings is 1. The molecule has 0 unspecified atom stereocenters. The molecule has 0 aliphatic heterocycles. The third kappa shape index (κ3) is 4.68. The molecule has 0 spiro atoms. The number of sulfonamides is 1. The third-order valence-corrected chi connectivity index (χ3v) is 5.42. The molecular formula is C12H16F3NO4S2. The molecule has 0 atom stereocenters. The van der Waals surface area contributed by atoms with Gasteiger partial charge in [-0.2, -0.15) is 17.5 Å². The van der Waals surface area contributed by atoms with Crippen LogP contribution in [0.3, 0.4) is 0 Å². The van der Waals surface area contributed by atoms with Crippen LogP contribution in [-0.2, 0) is 14.8 Å². The van der Waals surface area contributed by atoms with Gasteiger partial charge in [0.1, 0.15) is 16.3 Å². The fourth-order valence-electron chi connectivity index (χ4n) is 1.74. The number of hydrogen-bond acceptors (Lipinski definition) is 5. The predicted molar refractivity (Wildman–Crippen MR) is 75.3 cm³/mol. The summed E-state index contributed by atoms with van der Waals surface area (Å²) >= 11 is 0.802. The number of hydrogen-bond donors (Lipinski definition) is 0. The lowest BCUT2D eigenvalue weighted by Crippen LogP contribution is -2.41. The van der Waals surface area contributed by atoms with Gasteiger partial charge in [-0.05, 0) is 17.4 Å². The fourth-order valence-corrected chi connectivity index (χ4v) is 4.63. The van der Waals surface area contributed by atoms with Gasteiger partial charge in [-0.1, -0.05) is 13.8 Å². The summed E-state index contributed by atoms with van der Waals surface area (Å²) in [6.07, 6.45) is -4.68. The normalized spacial score (nSPS) is 12.9. The molecule has 1 aromatic heterocycles. The predicted octanol–water partition coefficient (Wildman–Crippen LogP) is 2.74. The van der Waals surface area contributed by atoms with Crippen molar-refractivity contribution in [2.24, 2.45) is 5.92 Å². The van der Waals surface area contributed by atoms with E-state index in [0.29, 0.717) is 4.31 Å². The minimum Gasteiger partial charge on any atom is -0.465 e. The van der Waals surface area contributed by atoms with Gasteiger partial charge in [0.15, 0.2) is 0 Å². The van der Waals surface area contributed by atoms with Crippen molar-refractivity contribution in [2.75, 3.05) is 20.2 Å². The van der Waals surface area contributed by atoms with E-state index in [2.05, 4.69) is 4.74 Å². The average Bonchev–Trinajstić information content (AvgIpc) is 2.84. The lowest BCUT2D eigenvalue weighted by molar-refractivity contribution is -0.136. The quantitative estimate of drug-likeness (QED) is 0.733. The van der Waals surface area contributed by atoms with Gasteiger partial charge in [-0.25, -0.2) is 13.2 Å². The van der Waals surface area contributed by atoms with Crippen molar-refractivity contribution in [1.82, 2.24) is 4.31 Å². The number of halogens is 3. The van der Waals surface area contributed by atoms with Gasteiger partial charge in [0.25, 0.3) is 0 Å². The zero-order valence-corrected chi connectivity index (χ0v) is 13.8. The van der Waals surface area contributed by atoms with Crippen LogP contribution in [0, 0.1) is 5.92 Å². The summed E-state index contributed by atoms with van der Waals surface area (Å²) in [6.45, 7) is 1.30. The highest BCUT2D eigenvalue weighted by Crippen LogP contribution is 2.29. The topological polar surface area (TPSA) is 63.7 Å². The Hall–Kier alpha value is -1.13. The molecule has 0 saturated carbocycles. The Balaban J connectivity index is 3.28. The first-order chi connectivity index (χ1) is 9.99.